The number of halogens is 1. The van der Waals surface area contributed by atoms with Crippen LogP contribution in [-0.4, -0.2) is 10.7 Å². The molecule has 4 aliphatic carbocycles. The summed E-state index contributed by atoms with van der Waals surface area (Å²) in [6.07, 6.45) is 6.93. The van der Waals surface area contributed by atoms with Crippen molar-refractivity contribution >= 4 is 11.6 Å². The number of hydrogen-bond donors (Lipinski definition) is 1. The zero-order valence-electron chi connectivity index (χ0n) is 11.2. The monoisotopic (exact) mass is 276 g/mol. The highest BCUT2D eigenvalue weighted by molar-refractivity contribution is 6.31. The molecule has 5 rings (SSSR count). The molecular formula is C17H21ClO. The second-order valence-corrected chi connectivity index (χ2v) is 7.56. The summed E-state index contributed by atoms with van der Waals surface area (Å²) >= 11 is 6.32. The standard InChI is InChI=1S/C17H21ClO/c18-16-4-2-1-3-12(16)7-15-13-5-11-6-14(15)10-17(19,8-11)9-13/h1-4,11,13-15,19H,5-10H2/t11?,13?,14?,15-,17+. The van der Waals surface area contributed by atoms with Crippen molar-refractivity contribution in [1.29, 1.82) is 0 Å². The Hall–Kier alpha value is -0.530. The van der Waals surface area contributed by atoms with Gasteiger partial charge in [-0.3, -0.25) is 0 Å². The molecule has 0 aliphatic heterocycles. The van der Waals surface area contributed by atoms with Crippen LogP contribution in [0.4, 0.5) is 0 Å². The second kappa shape index (κ2) is 4.23. The Balaban J connectivity index is 1.59. The van der Waals surface area contributed by atoms with Crippen LogP contribution in [-0.2, 0) is 6.42 Å². The van der Waals surface area contributed by atoms with Gasteiger partial charge in [-0.05, 0) is 73.8 Å². The highest BCUT2D eigenvalue weighted by Crippen LogP contribution is 2.58. The van der Waals surface area contributed by atoms with Gasteiger partial charge in [0, 0.05) is 5.02 Å². The lowest BCUT2D eigenvalue weighted by molar-refractivity contribution is -0.151. The molecule has 102 valence electrons. The third-order valence-corrected chi connectivity index (χ3v) is 6.22. The summed E-state index contributed by atoms with van der Waals surface area (Å²) in [5, 5.41) is 11.5. The fourth-order valence-electron chi connectivity index (χ4n) is 5.34. The summed E-state index contributed by atoms with van der Waals surface area (Å²) in [6, 6.07) is 8.26. The predicted molar refractivity (Wildman–Crippen MR) is 77.2 cm³/mol. The molecule has 0 radical (unpaired) electrons. The fraction of sp³-hybridized carbons (Fsp3) is 0.647. The predicted octanol–water partition coefficient (Wildman–Crippen LogP) is 4.07. The molecule has 4 saturated carbocycles. The molecule has 4 fully saturated rings. The molecule has 2 unspecified atom stereocenters. The van der Waals surface area contributed by atoms with E-state index in [-0.39, 0.29) is 5.60 Å². The van der Waals surface area contributed by atoms with Crippen LogP contribution < -0.4 is 0 Å². The van der Waals surface area contributed by atoms with Crippen LogP contribution in [0, 0.1) is 23.7 Å². The molecule has 0 saturated heterocycles. The summed E-state index contributed by atoms with van der Waals surface area (Å²) in [7, 11) is 0. The largest absolute Gasteiger partial charge is 0.390 e. The van der Waals surface area contributed by atoms with Crippen molar-refractivity contribution in [2.45, 2.75) is 44.1 Å². The van der Waals surface area contributed by atoms with Gasteiger partial charge >= 0.3 is 0 Å². The second-order valence-electron chi connectivity index (χ2n) is 7.15. The zero-order valence-corrected chi connectivity index (χ0v) is 11.9. The minimum absolute atomic E-state index is 0.312. The summed E-state index contributed by atoms with van der Waals surface area (Å²) in [4.78, 5) is 0. The molecule has 1 N–H and O–H groups in total. The van der Waals surface area contributed by atoms with Crippen molar-refractivity contribution in [2.75, 3.05) is 0 Å². The molecule has 1 aromatic carbocycles. The Bertz CT molecular complexity index is 482. The van der Waals surface area contributed by atoms with Crippen molar-refractivity contribution in [2.24, 2.45) is 23.7 Å². The van der Waals surface area contributed by atoms with Gasteiger partial charge in [-0.15, -0.1) is 0 Å². The van der Waals surface area contributed by atoms with Crippen LogP contribution in [0.2, 0.25) is 5.02 Å². The summed E-state index contributed by atoms with van der Waals surface area (Å²) in [6.45, 7) is 0. The molecule has 1 nitrogen and oxygen atoms in total. The van der Waals surface area contributed by atoms with Crippen molar-refractivity contribution in [3.8, 4) is 0 Å². The zero-order chi connectivity index (χ0) is 13.0. The maximum Gasteiger partial charge on any atom is 0.0656 e. The first kappa shape index (κ1) is 12.2. The van der Waals surface area contributed by atoms with Crippen molar-refractivity contribution in [3.05, 3.63) is 34.9 Å². The topological polar surface area (TPSA) is 20.2 Å². The van der Waals surface area contributed by atoms with E-state index in [1.165, 1.54) is 18.4 Å². The number of aliphatic hydroxyl groups is 1. The highest BCUT2D eigenvalue weighted by atomic mass is 35.5. The molecule has 4 aliphatic rings. The molecular weight excluding hydrogens is 256 g/mol. The van der Waals surface area contributed by atoms with Crippen LogP contribution in [0.15, 0.2) is 24.3 Å². The molecule has 19 heavy (non-hydrogen) atoms. The van der Waals surface area contributed by atoms with E-state index in [2.05, 4.69) is 12.1 Å². The van der Waals surface area contributed by atoms with E-state index in [0.717, 1.165) is 54.4 Å². The van der Waals surface area contributed by atoms with E-state index < -0.39 is 0 Å². The quantitative estimate of drug-likeness (QED) is 0.863. The van der Waals surface area contributed by atoms with Gasteiger partial charge in [0.1, 0.15) is 0 Å². The third-order valence-electron chi connectivity index (χ3n) is 5.85. The molecule has 2 heteroatoms. The molecule has 0 aromatic heterocycles. The smallest absolute Gasteiger partial charge is 0.0656 e. The normalized spacial score (nSPS) is 43.7. The Morgan fingerprint density at radius 3 is 2.42 bits per heavy atom. The molecule has 1 aromatic rings. The number of benzene rings is 1. The number of hydrogen-bond acceptors (Lipinski definition) is 1. The van der Waals surface area contributed by atoms with Gasteiger partial charge in [0.2, 0.25) is 0 Å². The van der Waals surface area contributed by atoms with Crippen molar-refractivity contribution in [3.63, 3.8) is 0 Å². The Labute approximate surface area is 120 Å². The van der Waals surface area contributed by atoms with Crippen LogP contribution in [0.1, 0.15) is 37.7 Å². The first-order chi connectivity index (χ1) is 9.13. The Kier molecular flexibility index (Phi) is 2.72. The van der Waals surface area contributed by atoms with Gasteiger partial charge in [-0.2, -0.15) is 0 Å². The average Bonchev–Trinajstić information content (AvgIpc) is 2.34. The maximum atomic E-state index is 10.6. The molecule has 0 amide bonds. The van der Waals surface area contributed by atoms with Gasteiger partial charge in [0.25, 0.3) is 0 Å². The van der Waals surface area contributed by atoms with Gasteiger partial charge in [0.05, 0.1) is 5.60 Å². The highest BCUT2D eigenvalue weighted by Gasteiger charge is 2.54. The Morgan fingerprint density at radius 1 is 1.11 bits per heavy atom. The van der Waals surface area contributed by atoms with E-state index in [1.807, 2.05) is 12.1 Å². The van der Waals surface area contributed by atoms with Crippen molar-refractivity contribution < 1.29 is 5.11 Å². The summed E-state index contributed by atoms with van der Waals surface area (Å²) in [5.74, 6) is 3.00. The van der Waals surface area contributed by atoms with E-state index in [9.17, 15) is 5.11 Å². The Morgan fingerprint density at radius 2 is 1.79 bits per heavy atom. The lowest BCUT2D eigenvalue weighted by Gasteiger charge is -2.58. The molecule has 2 atom stereocenters. The average molecular weight is 277 g/mol. The van der Waals surface area contributed by atoms with Crippen molar-refractivity contribution in [1.82, 2.24) is 0 Å². The van der Waals surface area contributed by atoms with Crippen LogP contribution in [0.3, 0.4) is 0 Å². The van der Waals surface area contributed by atoms with Gasteiger partial charge in [0.15, 0.2) is 0 Å². The van der Waals surface area contributed by atoms with E-state index in [0.29, 0.717) is 0 Å². The molecule has 0 heterocycles. The summed E-state index contributed by atoms with van der Waals surface area (Å²) < 4.78 is 0. The minimum atomic E-state index is -0.312. The molecule has 4 bridgehead atoms. The minimum Gasteiger partial charge on any atom is -0.390 e. The van der Waals surface area contributed by atoms with E-state index >= 15 is 0 Å². The van der Waals surface area contributed by atoms with E-state index in [1.54, 1.807) is 0 Å². The van der Waals surface area contributed by atoms with Crippen LogP contribution >= 0.6 is 11.6 Å². The first-order valence-corrected chi connectivity index (χ1v) is 7.96. The maximum absolute atomic E-state index is 10.6. The fourth-order valence-corrected chi connectivity index (χ4v) is 5.55. The molecule has 0 spiro atoms. The number of rotatable bonds is 2. The summed E-state index contributed by atoms with van der Waals surface area (Å²) in [5.41, 5.74) is 0.988. The lowest BCUT2D eigenvalue weighted by Crippen LogP contribution is -2.55. The SMILES string of the molecule is O[C@]12CC3CC(C1)[C@H](Cc1ccccc1Cl)C(C3)C2. The van der Waals surface area contributed by atoms with Crippen LogP contribution in [0.5, 0.6) is 0 Å². The van der Waals surface area contributed by atoms with Crippen LogP contribution in [0.25, 0.3) is 0 Å². The van der Waals surface area contributed by atoms with E-state index in [4.69, 9.17) is 11.6 Å². The van der Waals surface area contributed by atoms with Gasteiger partial charge in [-0.25, -0.2) is 0 Å². The van der Waals surface area contributed by atoms with Gasteiger partial charge < -0.3 is 5.11 Å². The first-order valence-electron chi connectivity index (χ1n) is 7.59. The lowest BCUT2D eigenvalue weighted by atomic mass is 9.49. The van der Waals surface area contributed by atoms with Gasteiger partial charge in [-0.1, -0.05) is 29.8 Å². The third kappa shape index (κ3) is 2.02.